The molecular formula is C8H14N2O3S. The van der Waals surface area contributed by atoms with Crippen LogP contribution >= 0.6 is 0 Å². The second kappa shape index (κ2) is 3.51. The number of carbonyl (C=O) groups is 1. The van der Waals surface area contributed by atoms with Crippen LogP contribution in [-0.2, 0) is 14.6 Å². The van der Waals surface area contributed by atoms with Gasteiger partial charge in [0.1, 0.15) is 0 Å². The number of hydrogen-bond donors (Lipinski definition) is 1. The Morgan fingerprint density at radius 2 is 2.21 bits per heavy atom. The first-order chi connectivity index (χ1) is 6.58. The SMILES string of the molecule is O=C1CNCCN1C1CCS(=O)(=O)C1. The molecule has 0 saturated carbocycles. The lowest BCUT2D eigenvalue weighted by molar-refractivity contribution is -0.133. The third-order valence-electron chi connectivity index (χ3n) is 2.78. The number of hydrogen-bond acceptors (Lipinski definition) is 4. The third-order valence-corrected chi connectivity index (χ3v) is 4.53. The summed E-state index contributed by atoms with van der Waals surface area (Å²) in [5.41, 5.74) is 0. The average molecular weight is 218 g/mol. The first kappa shape index (κ1) is 9.92. The molecule has 0 aromatic carbocycles. The molecule has 1 unspecified atom stereocenters. The maximum absolute atomic E-state index is 11.5. The highest BCUT2D eigenvalue weighted by atomic mass is 32.2. The number of carbonyl (C=O) groups excluding carboxylic acids is 1. The summed E-state index contributed by atoms with van der Waals surface area (Å²) in [6.45, 7) is 1.75. The average Bonchev–Trinajstić information content (AvgIpc) is 2.47. The standard InChI is InChI=1S/C8H14N2O3S/c11-8-5-9-2-3-10(8)7-1-4-14(12,13)6-7/h7,9H,1-6H2. The molecule has 2 aliphatic heterocycles. The summed E-state index contributed by atoms with van der Waals surface area (Å²) in [4.78, 5) is 13.2. The summed E-state index contributed by atoms with van der Waals surface area (Å²) in [5, 5.41) is 2.97. The predicted octanol–water partition coefficient (Wildman–Crippen LogP) is -1.39. The Balaban J connectivity index is 2.05. The van der Waals surface area contributed by atoms with Gasteiger partial charge in [-0.3, -0.25) is 4.79 Å². The second-order valence-corrected chi connectivity index (χ2v) is 6.05. The molecule has 0 radical (unpaired) electrons. The molecule has 1 N–H and O–H groups in total. The van der Waals surface area contributed by atoms with E-state index in [0.29, 0.717) is 19.5 Å². The third kappa shape index (κ3) is 1.90. The quantitative estimate of drug-likeness (QED) is 0.588. The van der Waals surface area contributed by atoms with E-state index >= 15 is 0 Å². The Morgan fingerprint density at radius 1 is 1.43 bits per heavy atom. The predicted molar refractivity (Wildman–Crippen MR) is 51.6 cm³/mol. The second-order valence-electron chi connectivity index (χ2n) is 3.82. The molecule has 0 aromatic rings. The summed E-state index contributed by atoms with van der Waals surface area (Å²) < 4.78 is 22.5. The number of nitrogens with zero attached hydrogens (tertiary/aromatic N) is 1. The molecule has 1 atom stereocenters. The van der Waals surface area contributed by atoms with Gasteiger partial charge >= 0.3 is 0 Å². The van der Waals surface area contributed by atoms with E-state index in [-0.39, 0.29) is 23.5 Å². The fourth-order valence-corrected chi connectivity index (χ4v) is 3.76. The van der Waals surface area contributed by atoms with Gasteiger partial charge in [0, 0.05) is 19.1 Å². The topological polar surface area (TPSA) is 66.5 Å². The Hall–Kier alpha value is -0.620. The molecule has 0 aliphatic carbocycles. The molecule has 6 heteroatoms. The minimum Gasteiger partial charge on any atom is -0.336 e. The van der Waals surface area contributed by atoms with Crippen molar-refractivity contribution < 1.29 is 13.2 Å². The fourth-order valence-electron chi connectivity index (χ4n) is 2.03. The maximum Gasteiger partial charge on any atom is 0.236 e. The minimum atomic E-state index is -2.88. The first-order valence-electron chi connectivity index (χ1n) is 4.79. The molecule has 2 rings (SSSR count). The molecule has 2 saturated heterocycles. The zero-order valence-electron chi connectivity index (χ0n) is 7.90. The number of piperazine rings is 1. The Bertz CT molecular complexity index is 338. The van der Waals surface area contributed by atoms with Gasteiger partial charge in [-0.15, -0.1) is 0 Å². The Kier molecular flexibility index (Phi) is 2.48. The molecular weight excluding hydrogens is 204 g/mol. The summed E-state index contributed by atoms with van der Waals surface area (Å²) in [5.74, 6) is 0.409. The Morgan fingerprint density at radius 3 is 2.79 bits per heavy atom. The van der Waals surface area contributed by atoms with Crippen LogP contribution in [-0.4, -0.2) is 56.4 Å². The highest BCUT2D eigenvalue weighted by Gasteiger charge is 2.35. The van der Waals surface area contributed by atoms with Crippen LogP contribution in [0.1, 0.15) is 6.42 Å². The lowest BCUT2D eigenvalue weighted by atomic mass is 10.2. The van der Waals surface area contributed by atoms with Crippen molar-refractivity contribution in [1.29, 1.82) is 0 Å². The molecule has 0 spiro atoms. The number of amides is 1. The number of nitrogens with one attached hydrogen (secondary N) is 1. The highest BCUT2D eigenvalue weighted by molar-refractivity contribution is 7.91. The summed E-state index contributed by atoms with van der Waals surface area (Å²) in [7, 11) is -2.88. The highest BCUT2D eigenvalue weighted by Crippen LogP contribution is 2.18. The summed E-state index contributed by atoms with van der Waals surface area (Å²) >= 11 is 0. The van der Waals surface area contributed by atoms with Crippen molar-refractivity contribution in [2.45, 2.75) is 12.5 Å². The molecule has 1 amide bonds. The number of sulfone groups is 1. The normalized spacial score (nSPS) is 32.1. The molecule has 5 nitrogen and oxygen atoms in total. The van der Waals surface area contributed by atoms with Gasteiger partial charge in [-0.25, -0.2) is 8.42 Å². The smallest absolute Gasteiger partial charge is 0.236 e. The van der Waals surface area contributed by atoms with Crippen LogP contribution in [0.3, 0.4) is 0 Å². The van der Waals surface area contributed by atoms with E-state index in [1.54, 1.807) is 4.90 Å². The van der Waals surface area contributed by atoms with E-state index in [2.05, 4.69) is 5.32 Å². The van der Waals surface area contributed by atoms with E-state index in [4.69, 9.17) is 0 Å². The molecule has 2 fully saturated rings. The minimum absolute atomic E-state index is 0.0263. The largest absolute Gasteiger partial charge is 0.336 e. The summed E-state index contributed by atoms with van der Waals surface area (Å²) in [6, 6.07) is -0.0744. The van der Waals surface area contributed by atoms with Crippen molar-refractivity contribution in [3.63, 3.8) is 0 Å². The number of rotatable bonds is 1. The van der Waals surface area contributed by atoms with E-state index in [9.17, 15) is 13.2 Å². The lowest BCUT2D eigenvalue weighted by Gasteiger charge is -2.32. The lowest BCUT2D eigenvalue weighted by Crippen LogP contribution is -2.52. The van der Waals surface area contributed by atoms with Crippen molar-refractivity contribution in [1.82, 2.24) is 10.2 Å². The molecule has 0 aromatic heterocycles. The molecule has 14 heavy (non-hydrogen) atoms. The van der Waals surface area contributed by atoms with E-state index < -0.39 is 9.84 Å². The van der Waals surface area contributed by atoms with Crippen LogP contribution in [0.15, 0.2) is 0 Å². The van der Waals surface area contributed by atoms with Gasteiger partial charge < -0.3 is 10.2 Å². The zero-order valence-corrected chi connectivity index (χ0v) is 8.72. The van der Waals surface area contributed by atoms with Gasteiger partial charge in [-0.2, -0.15) is 0 Å². The Labute approximate surface area is 83.4 Å². The van der Waals surface area contributed by atoms with Gasteiger partial charge in [-0.05, 0) is 6.42 Å². The first-order valence-corrected chi connectivity index (χ1v) is 6.61. The zero-order chi connectivity index (χ0) is 10.2. The van der Waals surface area contributed by atoms with Crippen molar-refractivity contribution >= 4 is 15.7 Å². The van der Waals surface area contributed by atoms with Gasteiger partial charge in [-0.1, -0.05) is 0 Å². The van der Waals surface area contributed by atoms with Crippen LogP contribution in [0.5, 0.6) is 0 Å². The van der Waals surface area contributed by atoms with Crippen molar-refractivity contribution in [3.05, 3.63) is 0 Å². The van der Waals surface area contributed by atoms with Crippen LogP contribution in [0.2, 0.25) is 0 Å². The van der Waals surface area contributed by atoms with E-state index in [1.807, 2.05) is 0 Å². The van der Waals surface area contributed by atoms with E-state index in [0.717, 1.165) is 6.54 Å². The van der Waals surface area contributed by atoms with Crippen molar-refractivity contribution in [3.8, 4) is 0 Å². The fraction of sp³-hybridized carbons (Fsp3) is 0.875. The molecule has 2 heterocycles. The van der Waals surface area contributed by atoms with Crippen LogP contribution in [0, 0.1) is 0 Å². The monoisotopic (exact) mass is 218 g/mol. The molecule has 2 aliphatic rings. The molecule has 0 bridgehead atoms. The van der Waals surface area contributed by atoms with Gasteiger partial charge in [0.2, 0.25) is 5.91 Å². The van der Waals surface area contributed by atoms with Gasteiger partial charge in [0.25, 0.3) is 0 Å². The van der Waals surface area contributed by atoms with Crippen molar-refractivity contribution in [2.24, 2.45) is 0 Å². The van der Waals surface area contributed by atoms with E-state index in [1.165, 1.54) is 0 Å². The van der Waals surface area contributed by atoms with Crippen LogP contribution in [0.25, 0.3) is 0 Å². The van der Waals surface area contributed by atoms with Crippen molar-refractivity contribution in [2.75, 3.05) is 31.1 Å². The van der Waals surface area contributed by atoms with Crippen LogP contribution < -0.4 is 5.32 Å². The van der Waals surface area contributed by atoms with Gasteiger partial charge in [0.15, 0.2) is 9.84 Å². The maximum atomic E-state index is 11.5. The molecule has 80 valence electrons. The van der Waals surface area contributed by atoms with Crippen LogP contribution in [0.4, 0.5) is 0 Å². The van der Waals surface area contributed by atoms with Gasteiger partial charge in [0.05, 0.1) is 18.1 Å². The summed E-state index contributed by atoms with van der Waals surface area (Å²) in [6.07, 6.45) is 0.605.